The first kappa shape index (κ1) is 29.2. The van der Waals surface area contributed by atoms with Crippen LogP contribution in [0.3, 0.4) is 0 Å². The Balaban J connectivity index is 1.39. The van der Waals surface area contributed by atoms with Crippen LogP contribution < -0.4 is 10.0 Å². The number of aromatic nitrogens is 2. The van der Waals surface area contributed by atoms with Crippen molar-refractivity contribution in [2.24, 2.45) is 5.92 Å². The molecule has 0 saturated carbocycles. The fourth-order valence-electron chi connectivity index (χ4n) is 4.25. The van der Waals surface area contributed by atoms with Crippen molar-refractivity contribution in [2.75, 3.05) is 23.1 Å². The smallest absolute Gasteiger partial charge is 0.264 e. The summed E-state index contributed by atoms with van der Waals surface area (Å²) in [5, 5.41) is 3.37. The maximum Gasteiger partial charge on any atom is 0.264 e. The number of piperidine rings is 1. The molecule has 2 heterocycles. The molecule has 0 radical (unpaired) electrons. The van der Waals surface area contributed by atoms with E-state index in [0.717, 1.165) is 0 Å². The third kappa shape index (κ3) is 7.46. The molecule has 2 aromatic carbocycles. The first-order valence-electron chi connectivity index (χ1n) is 12.0. The molecule has 0 unspecified atom stereocenters. The van der Waals surface area contributed by atoms with E-state index >= 15 is 0 Å². The van der Waals surface area contributed by atoms with Gasteiger partial charge in [-0.2, -0.15) is 0 Å². The van der Waals surface area contributed by atoms with Crippen LogP contribution in [0.4, 0.5) is 11.6 Å². The lowest BCUT2D eigenvalue weighted by Gasteiger charge is -2.31. The van der Waals surface area contributed by atoms with Crippen LogP contribution in [0, 0.1) is 19.8 Å². The fourth-order valence-corrected chi connectivity index (χ4v) is 7.12. The number of hydrogen-bond donors (Lipinski definition) is 2. The number of nitrogens with zero attached hydrogens (tertiary/aromatic N) is 3. The molecule has 0 spiro atoms. The van der Waals surface area contributed by atoms with Crippen LogP contribution in [0.25, 0.3) is 0 Å². The van der Waals surface area contributed by atoms with Crippen LogP contribution in [0.15, 0.2) is 53.4 Å². The minimum absolute atomic E-state index is 0.0270. The van der Waals surface area contributed by atoms with E-state index in [2.05, 4.69) is 20.0 Å². The van der Waals surface area contributed by atoms with E-state index in [1.54, 1.807) is 32.0 Å². The van der Waals surface area contributed by atoms with Crippen LogP contribution in [0.1, 0.15) is 29.8 Å². The minimum atomic E-state index is -3.94. The van der Waals surface area contributed by atoms with E-state index < -0.39 is 26.0 Å². The van der Waals surface area contributed by atoms with E-state index in [-0.39, 0.29) is 34.1 Å². The van der Waals surface area contributed by atoms with Crippen molar-refractivity contribution < 1.29 is 21.6 Å². The Bertz CT molecular complexity index is 1580. The van der Waals surface area contributed by atoms with Gasteiger partial charge in [-0.05, 0) is 74.7 Å². The number of nitrogens with one attached hydrogen (secondary N) is 2. The maximum atomic E-state index is 13.0. The summed E-state index contributed by atoms with van der Waals surface area (Å²) in [6.07, 6.45) is 1.05. The van der Waals surface area contributed by atoms with Crippen molar-refractivity contribution >= 4 is 60.8 Å². The lowest BCUT2D eigenvalue weighted by Crippen LogP contribution is -2.44. The van der Waals surface area contributed by atoms with Crippen LogP contribution >= 0.6 is 23.2 Å². The van der Waals surface area contributed by atoms with Crippen LogP contribution in [0.5, 0.6) is 0 Å². The van der Waals surface area contributed by atoms with Gasteiger partial charge < -0.3 is 5.32 Å². The van der Waals surface area contributed by atoms with E-state index in [4.69, 9.17) is 23.2 Å². The Kier molecular flexibility index (Phi) is 8.82. The number of benzene rings is 2. The van der Waals surface area contributed by atoms with Crippen molar-refractivity contribution in [1.82, 2.24) is 14.3 Å². The van der Waals surface area contributed by atoms with Crippen LogP contribution in [0.2, 0.25) is 10.0 Å². The molecule has 1 amide bonds. The Morgan fingerprint density at radius 3 is 2.28 bits per heavy atom. The highest BCUT2D eigenvalue weighted by molar-refractivity contribution is 7.92. The van der Waals surface area contributed by atoms with Crippen LogP contribution in [-0.2, 0) is 30.6 Å². The van der Waals surface area contributed by atoms with Crippen molar-refractivity contribution in [3.05, 3.63) is 75.5 Å². The number of halogens is 2. The van der Waals surface area contributed by atoms with Gasteiger partial charge in [-0.3, -0.25) is 4.79 Å². The predicted molar refractivity (Wildman–Crippen MR) is 151 cm³/mol. The maximum absolute atomic E-state index is 13.0. The molecule has 14 heteroatoms. The van der Waals surface area contributed by atoms with Gasteiger partial charge in [0.05, 0.1) is 26.6 Å². The molecule has 0 aliphatic carbocycles. The lowest BCUT2D eigenvalue weighted by molar-refractivity contribution is -0.120. The van der Waals surface area contributed by atoms with Crippen molar-refractivity contribution in [3.8, 4) is 0 Å². The summed E-state index contributed by atoms with van der Waals surface area (Å²) in [7, 11) is -7.63. The number of amides is 1. The Hall–Kier alpha value is -2.77. The quantitative estimate of drug-likeness (QED) is 0.385. The summed E-state index contributed by atoms with van der Waals surface area (Å²) >= 11 is 11.9. The average molecular weight is 613 g/mol. The SMILES string of the molecule is Cc1cc(C)nc(NS(=O)(=O)c2ccc(NC(=O)[C@@H]3CCCN(S(=O)(=O)Cc4ccc(Cl)c(Cl)c4)C3)cc2)n1. The highest BCUT2D eigenvalue weighted by atomic mass is 35.5. The molecule has 4 rings (SSSR count). The summed E-state index contributed by atoms with van der Waals surface area (Å²) in [4.78, 5) is 21.1. The standard InChI is InChI=1S/C25H27Cl2N5O5S2/c1-16-12-17(2)29-25(28-16)31-39(36,37)21-8-6-20(7-9-21)30-24(33)19-4-3-11-32(14-19)38(34,35)15-18-5-10-22(26)23(27)13-18/h5-10,12-13,19H,3-4,11,14-15H2,1-2H3,(H,30,33)(H,28,29,31)/t19-/m1/s1. The summed E-state index contributed by atoms with van der Waals surface area (Å²) in [5.74, 6) is -1.19. The highest BCUT2D eigenvalue weighted by Crippen LogP contribution is 2.27. The second kappa shape index (κ2) is 11.8. The zero-order valence-electron chi connectivity index (χ0n) is 21.2. The molecular weight excluding hydrogens is 585 g/mol. The molecule has 1 aliphatic rings. The number of rotatable bonds is 8. The first-order chi connectivity index (χ1) is 18.3. The number of sulfonamides is 2. The molecule has 1 aromatic heterocycles. The van der Waals surface area contributed by atoms with Gasteiger partial charge in [-0.15, -0.1) is 0 Å². The van der Waals surface area contributed by atoms with Crippen molar-refractivity contribution in [3.63, 3.8) is 0 Å². The van der Waals surface area contributed by atoms with Crippen LogP contribution in [-0.4, -0.2) is 50.1 Å². The molecule has 1 saturated heterocycles. The summed E-state index contributed by atoms with van der Waals surface area (Å²) in [6.45, 7) is 3.83. The van der Waals surface area contributed by atoms with Gasteiger partial charge in [0.25, 0.3) is 10.0 Å². The molecule has 1 atom stereocenters. The van der Waals surface area contributed by atoms with Gasteiger partial charge in [0.15, 0.2) is 0 Å². The molecular formula is C25H27Cl2N5O5S2. The lowest BCUT2D eigenvalue weighted by atomic mass is 9.99. The number of anilines is 2. The van der Waals surface area contributed by atoms with E-state index in [9.17, 15) is 21.6 Å². The second-order valence-electron chi connectivity index (χ2n) is 9.30. The monoisotopic (exact) mass is 611 g/mol. The van der Waals surface area contributed by atoms with Gasteiger partial charge in [-0.25, -0.2) is 35.8 Å². The van der Waals surface area contributed by atoms with Gasteiger partial charge in [0.1, 0.15) is 0 Å². The first-order valence-corrected chi connectivity index (χ1v) is 15.8. The zero-order chi connectivity index (χ0) is 28.4. The van der Waals surface area contributed by atoms with E-state index in [1.165, 1.54) is 34.6 Å². The molecule has 208 valence electrons. The second-order valence-corrected chi connectivity index (χ2v) is 13.8. The molecule has 0 bridgehead atoms. The van der Waals surface area contributed by atoms with E-state index in [1.807, 2.05) is 0 Å². The zero-order valence-corrected chi connectivity index (χ0v) is 24.3. The van der Waals surface area contributed by atoms with Gasteiger partial charge >= 0.3 is 0 Å². The van der Waals surface area contributed by atoms with Gasteiger partial charge in [0.2, 0.25) is 21.9 Å². The van der Waals surface area contributed by atoms with Crippen molar-refractivity contribution in [2.45, 2.75) is 37.3 Å². The number of carbonyl (C=O) groups excluding carboxylic acids is 1. The molecule has 1 fully saturated rings. The van der Waals surface area contributed by atoms with Gasteiger partial charge in [-0.1, -0.05) is 29.3 Å². The molecule has 2 N–H and O–H groups in total. The summed E-state index contributed by atoms with van der Waals surface area (Å²) < 4.78 is 55.2. The van der Waals surface area contributed by atoms with E-state index in [0.29, 0.717) is 47.0 Å². The number of aryl methyl sites for hydroxylation is 2. The average Bonchev–Trinajstić information content (AvgIpc) is 2.85. The number of hydrogen-bond acceptors (Lipinski definition) is 7. The Morgan fingerprint density at radius 2 is 1.64 bits per heavy atom. The summed E-state index contributed by atoms with van der Waals surface area (Å²) in [6, 6.07) is 12.0. The minimum Gasteiger partial charge on any atom is -0.326 e. The van der Waals surface area contributed by atoms with Crippen molar-refractivity contribution in [1.29, 1.82) is 0 Å². The summed E-state index contributed by atoms with van der Waals surface area (Å²) in [5.41, 5.74) is 2.14. The Morgan fingerprint density at radius 1 is 0.974 bits per heavy atom. The molecule has 39 heavy (non-hydrogen) atoms. The topological polar surface area (TPSA) is 138 Å². The normalized spacial score (nSPS) is 16.6. The molecule has 1 aliphatic heterocycles. The Labute approximate surface area is 237 Å². The van der Waals surface area contributed by atoms with Gasteiger partial charge in [0, 0.05) is 30.2 Å². The third-order valence-corrected chi connectivity index (χ3v) is 10.0. The number of carbonyl (C=O) groups is 1. The molecule has 3 aromatic rings. The largest absolute Gasteiger partial charge is 0.326 e. The highest BCUT2D eigenvalue weighted by Gasteiger charge is 2.32. The fraction of sp³-hybridized carbons (Fsp3) is 0.320. The third-order valence-electron chi connectivity index (χ3n) is 6.12. The molecule has 10 nitrogen and oxygen atoms in total. The predicted octanol–water partition coefficient (Wildman–Crippen LogP) is 4.38.